The van der Waals surface area contributed by atoms with Gasteiger partial charge in [0, 0.05) is 19.5 Å². The van der Waals surface area contributed by atoms with Gasteiger partial charge in [0.25, 0.3) is 0 Å². The molecule has 0 aliphatic carbocycles. The van der Waals surface area contributed by atoms with Crippen molar-refractivity contribution >= 4 is 27.9 Å². The van der Waals surface area contributed by atoms with Crippen LogP contribution in [-0.2, 0) is 6.54 Å². The summed E-state index contributed by atoms with van der Waals surface area (Å²) in [6, 6.07) is 6.32. The zero-order valence-electron chi connectivity index (χ0n) is 20.6. The molecule has 4 heterocycles. The van der Waals surface area contributed by atoms with Gasteiger partial charge in [-0.15, -0.1) is 0 Å². The largest absolute Gasteiger partial charge is 0.490 e. The van der Waals surface area contributed by atoms with Crippen LogP contribution in [0.4, 0.5) is 14.5 Å². The van der Waals surface area contributed by atoms with Crippen LogP contribution < -0.4 is 10.4 Å². The van der Waals surface area contributed by atoms with E-state index < -0.39 is 23.4 Å². The summed E-state index contributed by atoms with van der Waals surface area (Å²) in [4.78, 5) is 32.9. The van der Waals surface area contributed by atoms with Gasteiger partial charge in [-0.05, 0) is 38.4 Å². The van der Waals surface area contributed by atoms with Crippen molar-refractivity contribution in [1.82, 2.24) is 33.6 Å². The molecule has 3 aromatic heterocycles. The third kappa shape index (κ3) is 3.71. The predicted molar refractivity (Wildman–Crippen MR) is 136 cm³/mol. The summed E-state index contributed by atoms with van der Waals surface area (Å²) in [5, 5.41) is 0. The third-order valence-corrected chi connectivity index (χ3v) is 6.72. The second kappa shape index (κ2) is 9.04. The maximum atomic E-state index is 15.1. The van der Waals surface area contributed by atoms with E-state index >= 15 is 4.39 Å². The molecule has 2 aromatic carbocycles. The lowest BCUT2D eigenvalue weighted by atomic mass is 9.99. The van der Waals surface area contributed by atoms with E-state index in [0.29, 0.717) is 35.3 Å². The minimum Gasteiger partial charge on any atom is -0.490 e. The molecule has 38 heavy (non-hydrogen) atoms. The fourth-order valence-corrected chi connectivity index (χ4v) is 4.87. The van der Waals surface area contributed by atoms with Crippen LogP contribution in [0.3, 0.4) is 0 Å². The summed E-state index contributed by atoms with van der Waals surface area (Å²) in [5.41, 5.74) is 2.05. The van der Waals surface area contributed by atoms with Gasteiger partial charge in [-0.1, -0.05) is 6.07 Å². The molecule has 6 rings (SSSR count). The number of imidazole rings is 2. The molecule has 0 saturated carbocycles. The Morgan fingerprint density at radius 3 is 2.76 bits per heavy atom. The average molecular weight is 517 g/mol. The summed E-state index contributed by atoms with van der Waals surface area (Å²) < 4.78 is 39.7. The zero-order chi connectivity index (χ0) is 26.6. The van der Waals surface area contributed by atoms with Gasteiger partial charge in [0.1, 0.15) is 17.7 Å². The standard InChI is InChI=1S/C26H22F2N8O2/c1-29-15-4-7-18-20(12-15)35(14-31-18)25-30-13-21-24(32-25)36(26(37)34(21)10-9-33(2)3)19-8-11-38-23-17(28)6-5-16(27)22(19)23/h4-7,12-14,19H,8-11H2,2-3H3. The molecule has 0 spiro atoms. The van der Waals surface area contributed by atoms with Crippen LogP contribution in [0.1, 0.15) is 18.0 Å². The smallest absolute Gasteiger partial charge is 0.331 e. The van der Waals surface area contributed by atoms with Crippen molar-refractivity contribution < 1.29 is 13.5 Å². The molecule has 10 nitrogen and oxygen atoms in total. The summed E-state index contributed by atoms with van der Waals surface area (Å²) in [7, 11) is 3.79. The summed E-state index contributed by atoms with van der Waals surface area (Å²) >= 11 is 0. The second-order valence-corrected chi connectivity index (χ2v) is 9.31. The molecule has 192 valence electrons. The molecule has 1 aliphatic rings. The van der Waals surface area contributed by atoms with Gasteiger partial charge >= 0.3 is 5.69 Å². The number of benzene rings is 2. The van der Waals surface area contributed by atoms with E-state index in [1.54, 1.807) is 39.9 Å². The Morgan fingerprint density at radius 1 is 1.16 bits per heavy atom. The van der Waals surface area contributed by atoms with Crippen molar-refractivity contribution in [1.29, 1.82) is 0 Å². The lowest BCUT2D eigenvalue weighted by Gasteiger charge is -2.27. The minimum atomic E-state index is -0.832. The number of rotatable bonds is 5. The van der Waals surface area contributed by atoms with E-state index in [2.05, 4.69) is 14.8 Å². The van der Waals surface area contributed by atoms with Crippen molar-refractivity contribution in [2.75, 3.05) is 27.2 Å². The summed E-state index contributed by atoms with van der Waals surface area (Å²) in [6.45, 7) is 8.36. The van der Waals surface area contributed by atoms with Gasteiger partial charge in [-0.2, -0.15) is 4.98 Å². The number of ether oxygens (including phenoxy) is 1. The van der Waals surface area contributed by atoms with Gasteiger partial charge in [0.2, 0.25) is 5.95 Å². The molecular formula is C26H22F2N8O2. The van der Waals surface area contributed by atoms with Gasteiger partial charge in [-0.3, -0.25) is 13.7 Å². The van der Waals surface area contributed by atoms with Crippen LogP contribution in [0.15, 0.2) is 47.7 Å². The van der Waals surface area contributed by atoms with Crippen LogP contribution in [0.2, 0.25) is 0 Å². The van der Waals surface area contributed by atoms with Crippen LogP contribution in [0, 0.1) is 18.2 Å². The van der Waals surface area contributed by atoms with E-state index in [1.807, 2.05) is 19.0 Å². The van der Waals surface area contributed by atoms with E-state index in [1.165, 1.54) is 4.57 Å². The van der Waals surface area contributed by atoms with E-state index in [9.17, 15) is 9.18 Å². The highest BCUT2D eigenvalue weighted by Gasteiger charge is 2.33. The second-order valence-electron chi connectivity index (χ2n) is 9.31. The Kier molecular flexibility index (Phi) is 5.65. The number of hydrogen-bond donors (Lipinski definition) is 0. The topological polar surface area (TPSA) is 87.4 Å². The molecule has 0 radical (unpaired) electrons. The molecule has 0 amide bonds. The van der Waals surface area contributed by atoms with Crippen molar-refractivity contribution in [2.24, 2.45) is 0 Å². The Hall–Kier alpha value is -4.63. The van der Waals surface area contributed by atoms with Crippen molar-refractivity contribution in [2.45, 2.75) is 19.0 Å². The Balaban J connectivity index is 1.60. The van der Waals surface area contributed by atoms with E-state index in [0.717, 1.165) is 12.1 Å². The quantitative estimate of drug-likeness (QED) is 0.331. The number of likely N-dealkylation sites (N-methyl/N-ethyl adjacent to an activating group) is 1. The Labute approximate surface area is 215 Å². The molecule has 1 unspecified atom stereocenters. The van der Waals surface area contributed by atoms with Crippen LogP contribution in [-0.4, -0.2) is 60.8 Å². The molecule has 0 bridgehead atoms. The van der Waals surface area contributed by atoms with E-state index in [-0.39, 0.29) is 35.9 Å². The number of hydrogen-bond acceptors (Lipinski definition) is 6. The highest BCUT2D eigenvalue weighted by atomic mass is 19.1. The lowest BCUT2D eigenvalue weighted by molar-refractivity contribution is 0.237. The first-order valence-electron chi connectivity index (χ1n) is 12.0. The van der Waals surface area contributed by atoms with Crippen molar-refractivity contribution in [3.63, 3.8) is 0 Å². The first-order chi connectivity index (χ1) is 18.4. The third-order valence-electron chi connectivity index (χ3n) is 6.72. The fourth-order valence-electron chi connectivity index (χ4n) is 4.87. The molecule has 0 N–H and O–H groups in total. The van der Waals surface area contributed by atoms with Gasteiger partial charge < -0.3 is 9.64 Å². The molecular weight excluding hydrogens is 494 g/mol. The summed E-state index contributed by atoms with van der Waals surface area (Å²) in [6.07, 6.45) is 3.35. The van der Waals surface area contributed by atoms with E-state index in [4.69, 9.17) is 16.3 Å². The summed E-state index contributed by atoms with van der Waals surface area (Å²) in [5.74, 6) is -1.31. The maximum Gasteiger partial charge on any atom is 0.331 e. The normalized spacial score (nSPS) is 15.1. The fraction of sp³-hybridized carbons (Fsp3) is 0.269. The lowest BCUT2D eigenvalue weighted by Crippen LogP contribution is -2.33. The number of fused-ring (bicyclic) bond motifs is 3. The van der Waals surface area contributed by atoms with Crippen molar-refractivity contribution in [3.8, 4) is 11.7 Å². The monoisotopic (exact) mass is 516 g/mol. The predicted octanol–water partition coefficient (Wildman–Crippen LogP) is 3.69. The SMILES string of the molecule is [C-]#[N+]c1ccc2ncn(-c3ncc4c(n3)n(C3CCOc5c(F)ccc(F)c53)c(=O)n4CCN(C)C)c2c1. The molecule has 1 aliphatic heterocycles. The Bertz CT molecular complexity index is 1810. The number of halogens is 2. The molecule has 0 saturated heterocycles. The number of nitrogens with zero attached hydrogens (tertiary/aromatic N) is 8. The zero-order valence-corrected chi connectivity index (χ0v) is 20.6. The average Bonchev–Trinajstić information content (AvgIpc) is 3.46. The molecule has 12 heteroatoms. The van der Waals surface area contributed by atoms with Crippen LogP contribution in [0.5, 0.6) is 5.75 Å². The van der Waals surface area contributed by atoms with Crippen LogP contribution in [0.25, 0.3) is 33.0 Å². The molecule has 1 atom stereocenters. The minimum absolute atomic E-state index is 0.0139. The highest BCUT2D eigenvalue weighted by Crippen LogP contribution is 2.39. The molecule has 0 fully saturated rings. The first kappa shape index (κ1) is 23.7. The van der Waals surface area contributed by atoms with Crippen LogP contribution >= 0.6 is 0 Å². The van der Waals surface area contributed by atoms with Crippen molar-refractivity contribution in [3.05, 3.63) is 82.0 Å². The highest BCUT2D eigenvalue weighted by molar-refractivity contribution is 5.81. The molecule has 5 aromatic rings. The Morgan fingerprint density at radius 2 is 1.97 bits per heavy atom. The first-order valence-corrected chi connectivity index (χ1v) is 12.0. The van der Waals surface area contributed by atoms with Gasteiger partial charge in [0.15, 0.2) is 22.9 Å². The maximum absolute atomic E-state index is 15.1. The van der Waals surface area contributed by atoms with Gasteiger partial charge in [0.05, 0.1) is 42.0 Å². The van der Waals surface area contributed by atoms with Gasteiger partial charge in [-0.25, -0.2) is 28.4 Å². The number of aromatic nitrogens is 6.